The molecular weight excluding hydrogens is 256 g/mol. The molecule has 0 fully saturated rings. The van der Waals surface area contributed by atoms with E-state index in [1.807, 2.05) is 41.5 Å². The first-order valence-corrected chi connectivity index (χ1v) is 7.56. The van der Waals surface area contributed by atoms with Crippen molar-refractivity contribution in [3.63, 3.8) is 0 Å². The predicted octanol–water partition coefficient (Wildman–Crippen LogP) is 6.92. The maximum Gasteiger partial charge on any atom is 0.143 e. The van der Waals surface area contributed by atoms with Gasteiger partial charge < -0.3 is 0 Å². The molecule has 0 atom stereocenters. The summed E-state index contributed by atoms with van der Waals surface area (Å²) in [5.41, 5.74) is 1.42. The highest BCUT2D eigenvalue weighted by Gasteiger charge is 2.31. The molecule has 0 rings (SSSR count). The fraction of sp³-hybridized carbons (Fsp3) is 0.850. The zero-order valence-corrected chi connectivity index (χ0v) is 16.1. The summed E-state index contributed by atoms with van der Waals surface area (Å²) in [4.78, 5) is 11.5. The van der Waals surface area contributed by atoms with Crippen LogP contribution in [0, 0.1) is 21.7 Å². The van der Waals surface area contributed by atoms with Crippen molar-refractivity contribution < 1.29 is 4.79 Å². The van der Waals surface area contributed by atoms with Crippen molar-refractivity contribution in [2.24, 2.45) is 21.7 Å². The second-order valence-corrected chi connectivity index (χ2v) is 9.81. The minimum Gasteiger partial charge on any atom is -0.299 e. The average molecular weight is 299 g/mol. The third-order valence-electron chi connectivity index (χ3n) is 3.17. The molecule has 0 aliphatic rings. The Morgan fingerprint density at radius 1 is 0.571 bits per heavy atom. The Labute approximate surface area is 135 Å². The Morgan fingerprint density at radius 2 is 0.762 bits per heavy atom. The normalized spacial score (nSPS) is 12.8. The van der Waals surface area contributed by atoms with Gasteiger partial charge in [-0.05, 0) is 10.8 Å². The summed E-state index contributed by atoms with van der Waals surface area (Å²) in [5.74, 6) is 0.319. The summed E-state index contributed by atoms with van der Waals surface area (Å²) in [7, 11) is 0. The van der Waals surface area contributed by atoms with Gasteiger partial charge in [-0.1, -0.05) is 103 Å². The first kappa shape index (κ1) is 25.4. The summed E-state index contributed by atoms with van der Waals surface area (Å²) in [6.07, 6.45) is 0. The Balaban J connectivity index is -0.000000295. The van der Waals surface area contributed by atoms with Crippen LogP contribution in [0.3, 0.4) is 0 Å². The van der Waals surface area contributed by atoms with Crippen LogP contribution in [-0.2, 0) is 4.79 Å². The minimum atomic E-state index is -0.196. The highest BCUT2D eigenvalue weighted by atomic mass is 16.1. The number of rotatable bonds is 0. The second kappa shape index (κ2) is 7.61. The molecule has 0 saturated heterocycles. The summed E-state index contributed by atoms with van der Waals surface area (Å²) in [6, 6.07) is 0. The van der Waals surface area contributed by atoms with E-state index in [1.165, 1.54) is 5.57 Å². The molecule has 1 heteroatoms. The molecule has 128 valence electrons. The van der Waals surface area contributed by atoms with Gasteiger partial charge in [0.15, 0.2) is 0 Å². The van der Waals surface area contributed by atoms with Crippen molar-refractivity contribution in [2.75, 3.05) is 0 Å². The summed E-state index contributed by atoms with van der Waals surface area (Å²) in [6.45, 7) is 29.1. The lowest BCUT2D eigenvalue weighted by Gasteiger charge is -2.32. The van der Waals surface area contributed by atoms with Crippen molar-refractivity contribution in [3.05, 3.63) is 12.2 Å². The van der Waals surface area contributed by atoms with Crippen LogP contribution in [-0.4, -0.2) is 5.78 Å². The first-order valence-electron chi connectivity index (χ1n) is 7.56. The number of carbonyl (C=O) groups excluding carboxylic acids is 1. The number of Topliss-reactive ketones (excluding diaryl/α,β-unsaturated/α-hetero) is 1. The molecule has 21 heavy (non-hydrogen) atoms. The molecule has 0 aromatic heterocycles. The van der Waals surface area contributed by atoms with Gasteiger partial charge in [-0.2, -0.15) is 0 Å². The number of hydrogen-bond acceptors (Lipinski definition) is 1. The average Bonchev–Trinajstić information content (AvgIpc) is 2.10. The van der Waals surface area contributed by atoms with E-state index in [0.29, 0.717) is 5.78 Å². The minimum absolute atomic E-state index is 0. The Bertz CT molecular complexity index is 264. The van der Waals surface area contributed by atoms with Crippen LogP contribution < -0.4 is 0 Å². The van der Waals surface area contributed by atoms with Crippen LogP contribution in [0.5, 0.6) is 0 Å². The standard InChI is InChI=1S/C10H20.C9H18O.CH4/c1-8(9(2,3)4)10(5,6)7;1-8(2,3)7(10)9(4,5)6;/h1H2,2-7H3;1-6H3;1H4. The fourth-order valence-electron chi connectivity index (χ4n) is 2.25. The maximum absolute atomic E-state index is 11.5. The molecular formula is C20H42O. The lowest BCUT2D eigenvalue weighted by atomic mass is 9.73. The van der Waals surface area contributed by atoms with E-state index < -0.39 is 0 Å². The number of allylic oxidation sites excluding steroid dienone is 1. The monoisotopic (exact) mass is 298 g/mol. The fourth-order valence-corrected chi connectivity index (χ4v) is 2.25. The Morgan fingerprint density at radius 3 is 0.762 bits per heavy atom. The maximum atomic E-state index is 11.5. The highest BCUT2D eigenvalue weighted by Crippen LogP contribution is 2.37. The van der Waals surface area contributed by atoms with Crippen molar-refractivity contribution in [1.82, 2.24) is 0 Å². The Hall–Kier alpha value is -0.590. The molecule has 0 saturated carbocycles. The van der Waals surface area contributed by atoms with Crippen molar-refractivity contribution in [2.45, 2.75) is 90.5 Å². The van der Waals surface area contributed by atoms with E-state index in [4.69, 9.17) is 0 Å². The second-order valence-electron chi connectivity index (χ2n) is 9.81. The van der Waals surface area contributed by atoms with Crippen molar-refractivity contribution in [1.29, 1.82) is 0 Å². The largest absolute Gasteiger partial charge is 0.299 e. The number of carbonyl (C=O) groups is 1. The zero-order chi connectivity index (χ0) is 17.2. The van der Waals surface area contributed by atoms with Gasteiger partial charge in [-0.15, -0.1) is 0 Å². The lowest BCUT2D eigenvalue weighted by Crippen LogP contribution is -2.32. The third-order valence-corrected chi connectivity index (χ3v) is 3.17. The summed E-state index contributed by atoms with van der Waals surface area (Å²) in [5, 5.41) is 0. The zero-order valence-electron chi connectivity index (χ0n) is 16.1. The molecule has 0 radical (unpaired) electrons. The van der Waals surface area contributed by atoms with Crippen LogP contribution in [0.4, 0.5) is 0 Å². The molecule has 0 spiro atoms. The van der Waals surface area contributed by atoms with Gasteiger partial charge in [0, 0.05) is 10.8 Å². The van der Waals surface area contributed by atoms with Crippen LogP contribution in [0.2, 0.25) is 0 Å². The molecule has 0 amide bonds. The van der Waals surface area contributed by atoms with Gasteiger partial charge in [-0.25, -0.2) is 0 Å². The smallest absolute Gasteiger partial charge is 0.143 e. The van der Waals surface area contributed by atoms with Crippen LogP contribution >= 0.6 is 0 Å². The lowest BCUT2D eigenvalue weighted by molar-refractivity contribution is -0.134. The molecule has 0 unspecified atom stereocenters. The van der Waals surface area contributed by atoms with Gasteiger partial charge in [0.2, 0.25) is 0 Å². The van der Waals surface area contributed by atoms with Gasteiger partial charge in [0.05, 0.1) is 0 Å². The van der Waals surface area contributed by atoms with E-state index in [0.717, 1.165) is 0 Å². The van der Waals surface area contributed by atoms with E-state index in [-0.39, 0.29) is 29.1 Å². The summed E-state index contributed by atoms with van der Waals surface area (Å²) < 4.78 is 0. The topological polar surface area (TPSA) is 17.1 Å². The predicted molar refractivity (Wildman–Crippen MR) is 98.7 cm³/mol. The first-order chi connectivity index (χ1) is 8.31. The molecule has 0 aliphatic heterocycles. The quantitative estimate of drug-likeness (QED) is 0.444. The molecule has 1 nitrogen and oxygen atoms in total. The summed E-state index contributed by atoms with van der Waals surface area (Å²) >= 11 is 0. The van der Waals surface area contributed by atoms with E-state index in [9.17, 15) is 4.79 Å². The van der Waals surface area contributed by atoms with E-state index in [1.54, 1.807) is 0 Å². The van der Waals surface area contributed by atoms with Gasteiger partial charge in [0.1, 0.15) is 5.78 Å². The molecule has 0 heterocycles. The van der Waals surface area contributed by atoms with Gasteiger partial charge in [-0.3, -0.25) is 4.79 Å². The van der Waals surface area contributed by atoms with Crippen molar-refractivity contribution in [3.8, 4) is 0 Å². The molecule has 0 bridgehead atoms. The highest BCUT2D eigenvalue weighted by molar-refractivity contribution is 5.88. The third kappa shape index (κ3) is 10.7. The van der Waals surface area contributed by atoms with Gasteiger partial charge in [0.25, 0.3) is 0 Å². The number of hydrogen-bond donors (Lipinski definition) is 0. The van der Waals surface area contributed by atoms with Gasteiger partial charge >= 0.3 is 0 Å². The Kier molecular flexibility index (Phi) is 9.19. The van der Waals surface area contributed by atoms with Crippen LogP contribution in [0.25, 0.3) is 0 Å². The SMILES string of the molecule is C.C=C(C(C)(C)C)C(C)(C)C.CC(C)(C)C(=O)C(C)(C)C. The van der Waals surface area contributed by atoms with E-state index >= 15 is 0 Å². The van der Waals surface area contributed by atoms with Crippen LogP contribution in [0.1, 0.15) is 90.5 Å². The molecule has 0 aromatic carbocycles. The molecule has 0 N–H and O–H groups in total. The van der Waals surface area contributed by atoms with Crippen LogP contribution in [0.15, 0.2) is 12.2 Å². The van der Waals surface area contributed by atoms with Crippen molar-refractivity contribution >= 4 is 5.78 Å². The molecule has 0 aromatic rings. The molecule has 0 aliphatic carbocycles. The number of ketones is 1. The van der Waals surface area contributed by atoms with E-state index in [2.05, 4.69) is 48.1 Å².